The summed E-state index contributed by atoms with van der Waals surface area (Å²) < 4.78 is 31.1. The highest BCUT2D eigenvalue weighted by Crippen LogP contribution is 2.44. The molecule has 0 radical (unpaired) electrons. The van der Waals surface area contributed by atoms with Gasteiger partial charge in [0.25, 0.3) is 0 Å². The third-order valence-electron chi connectivity index (χ3n) is 2.66. The van der Waals surface area contributed by atoms with E-state index in [1.165, 1.54) is 17.6 Å². The maximum absolute atomic E-state index is 13.5. The van der Waals surface area contributed by atoms with Crippen LogP contribution in [-0.4, -0.2) is 29.4 Å². The van der Waals surface area contributed by atoms with Gasteiger partial charge in [-0.05, 0) is 28.4 Å². The number of ketones is 1. The average Bonchev–Trinajstić information content (AvgIpc) is 2.76. The first-order chi connectivity index (χ1) is 8.41. The summed E-state index contributed by atoms with van der Waals surface area (Å²) in [6, 6.07) is 0. The van der Waals surface area contributed by atoms with Crippen LogP contribution in [0.1, 0.15) is 29.8 Å². The quantitative estimate of drug-likeness (QED) is 0.801. The van der Waals surface area contributed by atoms with Crippen LogP contribution in [0.3, 0.4) is 0 Å². The van der Waals surface area contributed by atoms with E-state index in [2.05, 4.69) is 0 Å². The van der Waals surface area contributed by atoms with Gasteiger partial charge < -0.3 is 9.29 Å². The molecule has 6 heteroatoms. The predicted molar refractivity (Wildman–Crippen MR) is 69.9 cm³/mol. The summed E-state index contributed by atoms with van der Waals surface area (Å²) in [5.41, 5.74) is 0.899. The van der Waals surface area contributed by atoms with Crippen LogP contribution in [0, 0.1) is 5.92 Å². The van der Waals surface area contributed by atoms with Crippen molar-refractivity contribution in [3.63, 3.8) is 0 Å². The van der Waals surface area contributed by atoms with Crippen LogP contribution in [-0.2, 0) is 17.6 Å². The second kappa shape index (κ2) is 5.19. The maximum atomic E-state index is 13.5. The molecule has 0 amide bonds. The Hall–Kier alpha value is -0.590. The zero-order valence-electron chi connectivity index (χ0n) is 10.5. The van der Waals surface area contributed by atoms with E-state index in [-0.39, 0.29) is 6.42 Å². The Morgan fingerprint density at radius 3 is 2.83 bits per heavy atom. The average molecular weight is 290 g/mol. The first kappa shape index (κ1) is 13.8. The fourth-order valence-corrected chi connectivity index (χ4v) is 3.98. The molecule has 0 aliphatic heterocycles. The standard InChI is InChI=1S/C12H15FO3S2/c1-6(2)5-16-11-7-4-8(13)10(14)9(7)12(17-11)18(3)15/h6,8H,4-5H2,1-3H3. The maximum Gasteiger partial charge on any atom is 0.221 e. The van der Waals surface area contributed by atoms with Crippen molar-refractivity contribution in [1.29, 1.82) is 0 Å². The van der Waals surface area contributed by atoms with Crippen molar-refractivity contribution >= 4 is 28.3 Å². The summed E-state index contributed by atoms with van der Waals surface area (Å²) in [6.07, 6.45) is 0.0408. The summed E-state index contributed by atoms with van der Waals surface area (Å²) in [5, 5.41) is 0.553. The predicted octanol–water partition coefficient (Wildman–Crippen LogP) is 2.60. The third kappa shape index (κ3) is 2.41. The van der Waals surface area contributed by atoms with Crippen molar-refractivity contribution in [3.05, 3.63) is 11.1 Å². The molecule has 1 aromatic rings. The number of fused-ring (bicyclic) bond motifs is 1. The van der Waals surface area contributed by atoms with Gasteiger partial charge in [0.2, 0.25) is 9.99 Å². The van der Waals surface area contributed by atoms with Gasteiger partial charge in [0, 0.05) is 12.0 Å². The lowest BCUT2D eigenvalue weighted by Gasteiger charge is -2.07. The van der Waals surface area contributed by atoms with Gasteiger partial charge in [0.1, 0.15) is 6.26 Å². The first-order valence-corrected chi connectivity index (χ1v) is 8.09. The molecule has 1 aliphatic rings. The van der Waals surface area contributed by atoms with Gasteiger partial charge in [-0.3, -0.25) is 4.79 Å². The number of thiophene rings is 1. The molecule has 2 atom stereocenters. The number of hydrogen-bond donors (Lipinski definition) is 0. The second-order valence-corrected chi connectivity index (χ2v) is 7.28. The minimum absolute atomic E-state index is 0.0509. The fourth-order valence-electron chi connectivity index (χ4n) is 1.85. The summed E-state index contributed by atoms with van der Waals surface area (Å²) in [7, 11) is 0. The van der Waals surface area contributed by atoms with E-state index in [9.17, 15) is 13.7 Å². The molecule has 1 aliphatic carbocycles. The number of halogens is 1. The van der Waals surface area contributed by atoms with Crippen molar-refractivity contribution in [2.24, 2.45) is 5.92 Å². The highest BCUT2D eigenvalue weighted by molar-refractivity contribution is 7.92. The number of ether oxygens (including phenoxy) is 1. The summed E-state index contributed by atoms with van der Waals surface area (Å²) in [5.74, 6) is -0.206. The van der Waals surface area contributed by atoms with Gasteiger partial charge in [-0.1, -0.05) is 13.8 Å². The minimum atomic E-state index is -1.51. The molecular formula is C12H15FO3S2. The molecule has 2 rings (SSSR count). The van der Waals surface area contributed by atoms with Crippen molar-refractivity contribution in [2.45, 2.75) is 30.6 Å². The Bertz CT molecular complexity index is 468. The zero-order valence-corrected chi connectivity index (χ0v) is 12.1. The number of rotatable bonds is 4. The van der Waals surface area contributed by atoms with Gasteiger partial charge in [-0.15, -0.1) is 0 Å². The van der Waals surface area contributed by atoms with Gasteiger partial charge in [0.05, 0.1) is 12.2 Å². The molecular weight excluding hydrogens is 275 g/mol. The first-order valence-electron chi connectivity index (χ1n) is 5.72. The normalized spacial score (nSPS) is 20.3. The molecule has 1 heterocycles. The Morgan fingerprint density at radius 1 is 1.61 bits per heavy atom. The number of hydrogen-bond acceptors (Lipinski definition) is 4. The number of carbonyl (C=O) groups is 1. The van der Waals surface area contributed by atoms with Crippen LogP contribution < -0.4 is 4.74 Å². The topological polar surface area (TPSA) is 49.4 Å². The third-order valence-corrected chi connectivity index (χ3v) is 5.28. The Morgan fingerprint density at radius 2 is 2.28 bits per heavy atom. The second-order valence-electron chi connectivity index (χ2n) is 4.73. The van der Waals surface area contributed by atoms with Crippen LogP contribution in [0.2, 0.25) is 0 Å². The lowest BCUT2D eigenvalue weighted by atomic mass is 10.2. The van der Waals surface area contributed by atoms with Crippen LogP contribution in [0.15, 0.2) is 4.21 Å². The van der Waals surface area contributed by atoms with Gasteiger partial charge >= 0.3 is 0 Å². The Balaban J connectivity index is 2.36. The molecule has 0 aromatic carbocycles. The molecule has 100 valence electrons. The molecule has 3 nitrogen and oxygen atoms in total. The van der Waals surface area contributed by atoms with E-state index in [1.807, 2.05) is 13.8 Å². The van der Waals surface area contributed by atoms with Crippen molar-refractivity contribution in [3.8, 4) is 5.06 Å². The lowest BCUT2D eigenvalue weighted by Crippen LogP contribution is -2.11. The smallest absolute Gasteiger partial charge is 0.221 e. The molecule has 0 N–H and O–H groups in total. The minimum Gasteiger partial charge on any atom is -0.611 e. The summed E-state index contributed by atoms with van der Waals surface area (Å²) in [4.78, 5) is 11.7. The van der Waals surface area contributed by atoms with Crippen molar-refractivity contribution in [1.82, 2.24) is 0 Å². The zero-order chi connectivity index (χ0) is 13.4. The van der Waals surface area contributed by atoms with Crippen LogP contribution in [0.5, 0.6) is 5.06 Å². The van der Waals surface area contributed by atoms with Crippen molar-refractivity contribution in [2.75, 3.05) is 12.9 Å². The number of alkyl halides is 1. The van der Waals surface area contributed by atoms with Crippen LogP contribution in [0.25, 0.3) is 0 Å². The fraction of sp³-hybridized carbons (Fsp3) is 0.583. The molecule has 0 fully saturated rings. The van der Waals surface area contributed by atoms with E-state index in [4.69, 9.17) is 4.74 Å². The largest absolute Gasteiger partial charge is 0.611 e. The highest BCUT2D eigenvalue weighted by atomic mass is 32.2. The molecule has 2 unspecified atom stereocenters. The summed E-state index contributed by atoms with van der Waals surface area (Å²) >= 11 is -0.0808. The Kier molecular flexibility index (Phi) is 3.99. The molecule has 0 saturated carbocycles. The van der Waals surface area contributed by atoms with E-state index < -0.39 is 23.1 Å². The molecule has 0 saturated heterocycles. The van der Waals surface area contributed by atoms with E-state index in [0.29, 0.717) is 32.9 Å². The van der Waals surface area contributed by atoms with Crippen LogP contribution >= 0.6 is 11.3 Å². The lowest BCUT2D eigenvalue weighted by molar-refractivity contribution is 0.0896. The van der Waals surface area contributed by atoms with Gasteiger partial charge in [-0.25, -0.2) is 4.39 Å². The SMILES string of the molecule is CC(C)COc1sc([S+](C)[O-])c2c1CC(F)C2=O. The van der Waals surface area contributed by atoms with Crippen LogP contribution in [0.4, 0.5) is 4.39 Å². The van der Waals surface area contributed by atoms with Gasteiger partial charge in [0.15, 0.2) is 11.2 Å². The molecule has 18 heavy (non-hydrogen) atoms. The summed E-state index contributed by atoms with van der Waals surface area (Å²) in [6.45, 7) is 4.53. The number of Topliss-reactive ketones (excluding diaryl/α,β-unsaturated/α-hetero) is 1. The van der Waals surface area contributed by atoms with E-state index >= 15 is 0 Å². The molecule has 0 bridgehead atoms. The number of carbonyl (C=O) groups excluding carboxylic acids is 1. The highest BCUT2D eigenvalue weighted by Gasteiger charge is 2.40. The Labute approximate surface area is 113 Å². The van der Waals surface area contributed by atoms with Gasteiger partial charge in [-0.2, -0.15) is 0 Å². The monoisotopic (exact) mass is 290 g/mol. The molecule has 0 spiro atoms. The van der Waals surface area contributed by atoms with Crippen molar-refractivity contribution < 1.29 is 18.5 Å². The molecule has 1 aromatic heterocycles. The van der Waals surface area contributed by atoms with E-state index in [0.717, 1.165) is 0 Å². The van der Waals surface area contributed by atoms with E-state index in [1.54, 1.807) is 0 Å².